The largest absolute Gasteiger partial charge is 0.347 e. The van der Waals surface area contributed by atoms with Gasteiger partial charge >= 0.3 is 0 Å². The Morgan fingerprint density at radius 3 is 2.70 bits per heavy atom. The molecule has 0 aliphatic carbocycles. The van der Waals surface area contributed by atoms with E-state index in [9.17, 15) is 9.59 Å². The molecular weight excluding hydrogens is 292 g/mol. The summed E-state index contributed by atoms with van der Waals surface area (Å²) in [6, 6.07) is 0. The summed E-state index contributed by atoms with van der Waals surface area (Å²) >= 11 is 0. The van der Waals surface area contributed by atoms with Gasteiger partial charge in [0.05, 0.1) is 6.54 Å². The Balaban J connectivity index is 1.48. The topological polar surface area (TPSA) is 49.4 Å². The first-order valence-corrected chi connectivity index (χ1v) is 9.96. The molecule has 6 heteroatoms. The molecule has 0 aromatic heterocycles. The SMILES string of the molecule is O=C(CCCCC1CCSS1)NCC(=O)N1CCCC1. The third kappa shape index (κ3) is 5.56. The summed E-state index contributed by atoms with van der Waals surface area (Å²) in [6.45, 7) is 1.88. The molecule has 0 saturated carbocycles. The second kappa shape index (κ2) is 8.82. The van der Waals surface area contributed by atoms with Gasteiger partial charge in [-0.25, -0.2) is 0 Å². The van der Waals surface area contributed by atoms with Crippen LogP contribution in [0.25, 0.3) is 0 Å². The lowest BCUT2D eigenvalue weighted by atomic mass is 10.1. The molecule has 1 atom stereocenters. The number of carbonyl (C=O) groups excluding carboxylic acids is 2. The minimum atomic E-state index is 0.0194. The highest BCUT2D eigenvalue weighted by molar-refractivity contribution is 8.77. The molecule has 114 valence electrons. The summed E-state index contributed by atoms with van der Waals surface area (Å²) in [6.07, 6.45) is 7.33. The smallest absolute Gasteiger partial charge is 0.241 e. The van der Waals surface area contributed by atoms with Gasteiger partial charge in [-0.05, 0) is 32.1 Å². The zero-order valence-corrected chi connectivity index (χ0v) is 13.6. The van der Waals surface area contributed by atoms with E-state index in [1.165, 1.54) is 18.6 Å². The molecule has 0 aromatic rings. The van der Waals surface area contributed by atoms with Gasteiger partial charge in [-0.1, -0.05) is 28.0 Å². The van der Waals surface area contributed by atoms with Crippen molar-refractivity contribution < 1.29 is 9.59 Å². The first kappa shape index (κ1) is 16.0. The molecule has 2 fully saturated rings. The van der Waals surface area contributed by atoms with E-state index >= 15 is 0 Å². The number of likely N-dealkylation sites (tertiary alicyclic amines) is 1. The van der Waals surface area contributed by atoms with Gasteiger partial charge in [0.1, 0.15) is 0 Å². The van der Waals surface area contributed by atoms with Gasteiger partial charge in [-0.2, -0.15) is 0 Å². The molecule has 1 unspecified atom stereocenters. The molecule has 0 spiro atoms. The van der Waals surface area contributed by atoms with Crippen LogP contribution in [-0.4, -0.2) is 47.4 Å². The number of nitrogens with zero attached hydrogens (tertiary/aromatic N) is 1. The quantitative estimate of drug-likeness (QED) is 0.579. The number of hydrogen-bond donors (Lipinski definition) is 1. The summed E-state index contributed by atoms with van der Waals surface area (Å²) in [7, 11) is 3.96. The van der Waals surface area contributed by atoms with Crippen molar-refractivity contribution >= 4 is 33.4 Å². The Kier molecular flexibility index (Phi) is 7.07. The van der Waals surface area contributed by atoms with Crippen molar-refractivity contribution in [3.8, 4) is 0 Å². The van der Waals surface area contributed by atoms with Crippen molar-refractivity contribution in [3.05, 3.63) is 0 Å². The Bertz CT molecular complexity index is 327. The predicted octanol–water partition coefficient (Wildman–Crippen LogP) is 2.44. The standard InChI is InChI=1S/C14H24N2O2S2/c17-13(6-2-1-5-12-7-10-19-20-12)15-11-14(18)16-8-3-4-9-16/h12H,1-11H2,(H,15,17). The van der Waals surface area contributed by atoms with Crippen molar-refractivity contribution in [1.82, 2.24) is 10.2 Å². The van der Waals surface area contributed by atoms with Crippen molar-refractivity contribution in [2.24, 2.45) is 0 Å². The van der Waals surface area contributed by atoms with E-state index in [1.807, 2.05) is 26.5 Å². The molecule has 2 saturated heterocycles. The van der Waals surface area contributed by atoms with Crippen LogP contribution in [0.15, 0.2) is 0 Å². The molecule has 2 aliphatic rings. The molecule has 2 amide bonds. The van der Waals surface area contributed by atoms with Crippen molar-refractivity contribution in [3.63, 3.8) is 0 Å². The van der Waals surface area contributed by atoms with Crippen LogP contribution >= 0.6 is 21.6 Å². The van der Waals surface area contributed by atoms with Crippen molar-refractivity contribution in [2.75, 3.05) is 25.4 Å². The van der Waals surface area contributed by atoms with Gasteiger partial charge in [0.2, 0.25) is 11.8 Å². The van der Waals surface area contributed by atoms with E-state index in [0.29, 0.717) is 6.42 Å². The van der Waals surface area contributed by atoms with Crippen LogP contribution in [0.4, 0.5) is 0 Å². The molecule has 0 bridgehead atoms. The monoisotopic (exact) mass is 316 g/mol. The van der Waals surface area contributed by atoms with Gasteiger partial charge in [0, 0.05) is 30.5 Å². The molecule has 2 heterocycles. The maximum absolute atomic E-state index is 11.8. The highest BCUT2D eigenvalue weighted by Gasteiger charge is 2.18. The first-order valence-electron chi connectivity index (χ1n) is 7.58. The lowest BCUT2D eigenvalue weighted by Gasteiger charge is -2.15. The Morgan fingerprint density at radius 1 is 1.20 bits per heavy atom. The van der Waals surface area contributed by atoms with E-state index in [0.717, 1.165) is 44.0 Å². The molecule has 1 N–H and O–H groups in total. The average Bonchev–Trinajstić information content (AvgIpc) is 3.13. The zero-order chi connectivity index (χ0) is 14.2. The van der Waals surface area contributed by atoms with E-state index < -0.39 is 0 Å². The van der Waals surface area contributed by atoms with Crippen LogP contribution in [0.1, 0.15) is 44.9 Å². The molecule has 2 aliphatic heterocycles. The van der Waals surface area contributed by atoms with E-state index in [-0.39, 0.29) is 18.4 Å². The second-order valence-corrected chi connectivity index (χ2v) is 8.23. The highest BCUT2D eigenvalue weighted by atomic mass is 33.1. The van der Waals surface area contributed by atoms with Crippen molar-refractivity contribution in [2.45, 2.75) is 50.2 Å². The zero-order valence-electron chi connectivity index (χ0n) is 11.9. The summed E-state index contributed by atoms with van der Waals surface area (Å²) in [5.41, 5.74) is 0. The Labute approximate surface area is 129 Å². The second-order valence-electron chi connectivity index (χ2n) is 5.44. The van der Waals surface area contributed by atoms with Crippen LogP contribution in [-0.2, 0) is 9.59 Å². The van der Waals surface area contributed by atoms with Gasteiger partial charge in [-0.3, -0.25) is 9.59 Å². The van der Waals surface area contributed by atoms with Gasteiger partial charge < -0.3 is 10.2 Å². The van der Waals surface area contributed by atoms with Crippen LogP contribution < -0.4 is 5.32 Å². The van der Waals surface area contributed by atoms with E-state index in [4.69, 9.17) is 0 Å². The molecular formula is C14H24N2O2S2. The Hall–Kier alpha value is -0.360. The normalized spacial score (nSPS) is 22.2. The number of unbranched alkanes of at least 4 members (excludes halogenated alkanes) is 1. The van der Waals surface area contributed by atoms with E-state index in [2.05, 4.69) is 5.32 Å². The summed E-state index contributed by atoms with van der Waals surface area (Å²) in [5.74, 6) is 1.36. The fraction of sp³-hybridized carbons (Fsp3) is 0.857. The number of amides is 2. The number of carbonyl (C=O) groups is 2. The van der Waals surface area contributed by atoms with Gasteiger partial charge in [-0.15, -0.1) is 0 Å². The van der Waals surface area contributed by atoms with E-state index in [1.54, 1.807) is 0 Å². The van der Waals surface area contributed by atoms with Crippen LogP contribution in [0, 0.1) is 0 Å². The third-order valence-electron chi connectivity index (χ3n) is 3.80. The summed E-state index contributed by atoms with van der Waals surface area (Å²) in [4.78, 5) is 25.3. The summed E-state index contributed by atoms with van der Waals surface area (Å²) in [5, 5.41) is 3.54. The van der Waals surface area contributed by atoms with Gasteiger partial charge in [0.15, 0.2) is 0 Å². The van der Waals surface area contributed by atoms with Crippen LogP contribution in [0.5, 0.6) is 0 Å². The summed E-state index contributed by atoms with van der Waals surface area (Å²) < 4.78 is 0. The lowest BCUT2D eigenvalue weighted by Crippen LogP contribution is -2.38. The predicted molar refractivity (Wildman–Crippen MR) is 85.7 cm³/mol. The number of hydrogen-bond acceptors (Lipinski definition) is 4. The maximum atomic E-state index is 11.8. The minimum Gasteiger partial charge on any atom is -0.347 e. The Morgan fingerprint density at radius 2 is 2.00 bits per heavy atom. The number of nitrogens with one attached hydrogen (secondary N) is 1. The molecule has 2 rings (SSSR count). The first-order chi connectivity index (χ1) is 9.75. The van der Waals surface area contributed by atoms with Crippen LogP contribution in [0.2, 0.25) is 0 Å². The molecule has 0 radical (unpaired) electrons. The maximum Gasteiger partial charge on any atom is 0.241 e. The molecule has 20 heavy (non-hydrogen) atoms. The van der Waals surface area contributed by atoms with Crippen molar-refractivity contribution in [1.29, 1.82) is 0 Å². The highest BCUT2D eigenvalue weighted by Crippen LogP contribution is 2.39. The fourth-order valence-corrected chi connectivity index (χ4v) is 5.59. The van der Waals surface area contributed by atoms with Crippen LogP contribution in [0.3, 0.4) is 0 Å². The molecule has 4 nitrogen and oxygen atoms in total. The number of rotatable bonds is 7. The van der Waals surface area contributed by atoms with Gasteiger partial charge in [0.25, 0.3) is 0 Å². The fourth-order valence-electron chi connectivity index (χ4n) is 2.56. The lowest BCUT2D eigenvalue weighted by molar-refractivity contribution is -0.132. The minimum absolute atomic E-state index is 0.0194. The molecule has 0 aromatic carbocycles. The third-order valence-corrected chi connectivity index (χ3v) is 6.81. The average molecular weight is 316 g/mol.